The molecule has 10 heteroatoms. The molecule has 1 heterocycles. The van der Waals surface area contributed by atoms with Crippen LogP contribution in [0.3, 0.4) is 0 Å². The Morgan fingerprint density at radius 3 is 2.39 bits per heavy atom. The van der Waals surface area contributed by atoms with Gasteiger partial charge in [-0.15, -0.1) is 10.2 Å². The van der Waals surface area contributed by atoms with E-state index in [1.807, 2.05) is 30.3 Å². The van der Waals surface area contributed by atoms with Crippen molar-refractivity contribution in [3.8, 4) is 17.1 Å². The van der Waals surface area contributed by atoms with Crippen molar-refractivity contribution < 1.29 is 18.7 Å². The summed E-state index contributed by atoms with van der Waals surface area (Å²) in [5, 5.41) is 12.5. The third-order valence-corrected chi connectivity index (χ3v) is 4.74. The summed E-state index contributed by atoms with van der Waals surface area (Å²) in [5.41, 5.74) is 6.28. The summed E-state index contributed by atoms with van der Waals surface area (Å²) in [6, 6.07) is 20.0. The van der Waals surface area contributed by atoms with Crippen LogP contribution in [0.1, 0.15) is 26.3 Å². The van der Waals surface area contributed by atoms with Crippen molar-refractivity contribution in [2.45, 2.75) is 6.54 Å². The van der Waals surface area contributed by atoms with Gasteiger partial charge in [0.25, 0.3) is 11.8 Å². The van der Waals surface area contributed by atoms with Crippen LogP contribution in [-0.4, -0.2) is 39.1 Å². The number of hydrazine groups is 1. The van der Waals surface area contributed by atoms with Gasteiger partial charge in [0.2, 0.25) is 5.82 Å². The normalized spacial score (nSPS) is 10.5. The maximum Gasteiger partial charge on any atom is 0.272 e. The first-order valence-corrected chi connectivity index (χ1v) is 9.90. The Morgan fingerprint density at radius 2 is 1.70 bits per heavy atom. The highest BCUT2D eigenvalue weighted by atomic mass is 19.1. The SMILES string of the molecule is COc1ccc(C(=O)NNC(=O)c2ccc(Cn3nnc(-c4ccccc4)n3)cc2)c(F)c1. The number of halogens is 1. The van der Waals surface area contributed by atoms with Crippen LogP contribution < -0.4 is 15.6 Å². The molecule has 33 heavy (non-hydrogen) atoms. The number of benzene rings is 3. The van der Waals surface area contributed by atoms with Gasteiger partial charge in [-0.25, -0.2) is 4.39 Å². The number of hydrogen-bond donors (Lipinski definition) is 2. The van der Waals surface area contributed by atoms with Crippen molar-refractivity contribution in [2.24, 2.45) is 0 Å². The molecule has 4 aromatic rings. The monoisotopic (exact) mass is 446 g/mol. The van der Waals surface area contributed by atoms with Gasteiger partial charge in [0.1, 0.15) is 11.6 Å². The molecule has 0 radical (unpaired) electrons. The molecule has 0 aliphatic heterocycles. The van der Waals surface area contributed by atoms with Gasteiger partial charge in [-0.1, -0.05) is 42.5 Å². The lowest BCUT2D eigenvalue weighted by Gasteiger charge is -2.09. The molecular formula is C23H19FN6O3. The molecule has 2 amide bonds. The minimum Gasteiger partial charge on any atom is -0.497 e. The molecule has 9 nitrogen and oxygen atoms in total. The number of ether oxygens (including phenoxy) is 1. The molecule has 0 aliphatic carbocycles. The van der Waals surface area contributed by atoms with Gasteiger partial charge < -0.3 is 4.74 Å². The average molecular weight is 446 g/mol. The Balaban J connectivity index is 1.34. The van der Waals surface area contributed by atoms with E-state index in [0.717, 1.165) is 17.2 Å². The quantitative estimate of drug-likeness (QED) is 0.441. The lowest BCUT2D eigenvalue weighted by atomic mass is 10.1. The van der Waals surface area contributed by atoms with Crippen LogP contribution in [0.25, 0.3) is 11.4 Å². The highest BCUT2D eigenvalue weighted by molar-refractivity contribution is 5.99. The first-order chi connectivity index (χ1) is 16.0. The zero-order chi connectivity index (χ0) is 23.2. The third kappa shape index (κ3) is 5.18. The number of nitrogens with zero attached hydrogens (tertiary/aromatic N) is 4. The van der Waals surface area contributed by atoms with Crippen LogP contribution in [0.2, 0.25) is 0 Å². The van der Waals surface area contributed by atoms with Gasteiger partial charge >= 0.3 is 0 Å². The minimum absolute atomic E-state index is 0.221. The van der Waals surface area contributed by atoms with Crippen molar-refractivity contribution in [1.29, 1.82) is 0 Å². The Hall–Kier alpha value is -4.60. The summed E-state index contributed by atoms with van der Waals surface area (Å²) in [7, 11) is 1.39. The van der Waals surface area contributed by atoms with E-state index in [1.54, 1.807) is 24.3 Å². The first-order valence-electron chi connectivity index (χ1n) is 9.90. The summed E-state index contributed by atoms with van der Waals surface area (Å²) < 4.78 is 18.9. The number of carbonyl (C=O) groups excluding carboxylic acids is 2. The van der Waals surface area contributed by atoms with Crippen LogP contribution in [0, 0.1) is 5.82 Å². The molecule has 0 aliphatic rings. The lowest BCUT2D eigenvalue weighted by Crippen LogP contribution is -2.41. The molecule has 0 saturated carbocycles. The lowest BCUT2D eigenvalue weighted by molar-refractivity contribution is 0.0844. The van der Waals surface area contributed by atoms with E-state index in [0.29, 0.717) is 17.9 Å². The molecule has 0 atom stereocenters. The average Bonchev–Trinajstić information content (AvgIpc) is 3.31. The molecule has 0 saturated heterocycles. The fourth-order valence-corrected chi connectivity index (χ4v) is 3.00. The fraction of sp³-hybridized carbons (Fsp3) is 0.0870. The van der Waals surface area contributed by atoms with E-state index >= 15 is 0 Å². The Kier molecular flexibility index (Phi) is 6.35. The Labute approximate surface area is 188 Å². The zero-order valence-electron chi connectivity index (χ0n) is 17.5. The minimum atomic E-state index is -0.786. The topological polar surface area (TPSA) is 111 Å². The molecule has 4 rings (SSSR count). The second-order valence-electron chi connectivity index (χ2n) is 6.96. The predicted octanol–water partition coefficient (Wildman–Crippen LogP) is 2.61. The third-order valence-electron chi connectivity index (χ3n) is 4.74. The smallest absolute Gasteiger partial charge is 0.272 e. The fourth-order valence-electron chi connectivity index (χ4n) is 3.00. The van der Waals surface area contributed by atoms with E-state index in [4.69, 9.17) is 4.74 Å². The van der Waals surface area contributed by atoms with Gasteiger partial charge in [0, 0.05) is 17.2 Å². The van der Waals surface area contributed by atoms with Crippen LogP contribution >= 0.6 is 0 Å². The summed E-state index contributed by atoms with van der Waals surface area (Å²) >= 11 is 0. The predicted molar refractivity (Wildman–Crippen MR) is 117 cm³/mol. The molecule has 2 N–H and O–H groups in total. The molecular weight excluding hydrogens is 427 g/mol. The Bertz CT molecular complexity index is 1280. The molecule has 0 unspecified atom stereocenters. The second kappa shape index (κ2) is 9.69. The molecule has 1 aromatic heterocycles. The maximum atomic E-state index is 14.0. The molecule has 0 bridgehead atoms. The maximum absolute atomic E-state index is 14.0. The number of methoxy groups -OCH3 is 1. The summed E-state index contributed by atoms with van der Waals surface area (Å²) in [5.74, 6) is -1.29. The van der Waals surface area contributed by atoms with Crippen molar-refractivity contribution in [3.05, 3.63) is 95.3 Å². The van der Waals surface area contributed by atoms with Gasteiger partial charge in [-0.2, -0.15) is 4.80 Å². The van der Waals surface area contributed by atoms with E-state index in [9.17, 15) is 14.0 Å². The number of carbonyl (C=O) groups is 2. The van der Waals surface area contributed by atoms with Crippen LogP contribution in [-0.2, 0) is 6.54 Å². The highest BCUT2D eigenvalue weighted by Crippen LogP contribution is 2.16. The molecule has 0 spiro atoms. The number of rotatable bonds is 6. The molecule has 166 valence electrons. The summed E-state index contributed by atoms with van der Waals surface area (Å²) in [6.07, 6.45) is 0. The van der Waals surface area contributed by atoms with E-state index in [1.165, 1.54) is 24.0 Å². The van der Waals surface area contributed by atoms with Crippen molar-refractivity contribution >= 4 is 11.8 Å². The van der Waals surface area contributed by atoms with Crippen molar-refractivity contribution in [2.75, 3.05) is 7.11 Å². The van der Waals surface area contributed by atoms with E-state index in [2.05, 4.69) is 26.3 Å². The highest BCUT2D eigenvalue weighted by Gasteiger charge is 2.14. The van der Waals surface area contributed by atoms with Crippen molar-refractivity contribution in [1.82, 2.24) is 31.1 Å². The summed E-state index contributed by atoms with van der Waals surface area (Å²) in [6.45, 7) is 0.370. The number of hydrogen-bond acceptors (Lipinski definition) is 6. The van der Waals surface area contributed by atoms with Gasteiger partial charge in [-0.05, 0) is 35.0 Å². The first kappa shape index (κ1) is 21.6. The van der Waals surface area contributed by atoms with Crippen LogP contribution in [0.4, 0.5) is 4.39 Å². The van der Waals surface area contributed by atoms with Gasteiger partial charge in [0.05, 0.1) is 19.2 Å². The number of amides is 2. The summed E-state index contributed by atoms with van der Waals surface area (Å²) in [4.78, 5) is 25.9. The standard InChI is InChI=1S/C23H19FN6O3/c1-33-18-11-12-19(20(24)13-18)23(32)27-26-22(31)17-9-7-15(8-10-17)14-30-28-21(25-29-30)16-5-3-2-4-6-16/h2-13H,14H2,1H3,(H,26,31)(H,27,32). The van der Waals surface area contributed by atoms with Crippen LogP contribution in [0.5, 0.6) is 5.75 Å². The number of nitrogens with one attached hydrogen (secondary N) is 2. The Morgan fingerprint density at radius 1 is 0.970 bits per heavy atom. The zero-order valence-corrected chi connectivity index (χ0v) is 17.5. The van der Waals surface area contributed by atoms with Gasteiger partial charge in [-0.3, -0.25) is 20.4 Å². The van der Waals surface area contributed by atoms with Crippen LogP contribution in [0.15, 0.2) is 72.8 Å². The number of aromatic nitrogens is 4. The van der Waals surface area contributed by atoms with E-state index < -0.39 is 17.6 Å². The van der Waals surface area contributed by atoms with Crippen molar-refractivity contribution in [3.63, 3.8) is 0 Å². The van der Waals surface area contributed by atoms with Gasteiger partial charge in [0.15, 0.2) is 0 Å². The largest absolute Gasteiger partial charge is 0.497 e. The molecule has 3 aromatic carbocycles. The second-order valence-corrected chi connectivity index (χ2v) is 6.96. The van der Waals surface area contributed by atoms with E-state index in [-0.39, 0.29) is 11.3 Å². The number of tetrazole rings is 1. The molecule has 0 fully saturated rings.